The van der Waals surface area contributed by atoms with Gasteiger partial charge in [-0.1, -0.05) is 44.2 Å². The van der Waals surface area contributed by atoms with Crippen molar-refractivity contribution in [2.45, 2.75) is 45.8 Å². The third-order valence-corrected chi connectivity index (χ3v) is 3.34. The van der Waals surface area contributed by atoms with Crippen molar-refractivity contribution < 1.29 is 9.84 Å². The zero-order valence-electron chi connectivity index (χ0n) is 13.0. The van der Waals surface area contributed by atoms with Gasteiger partial charge in [-0.2, -0.15) is 0 Å². The number of nitrogens with one attached hydrogen (secondary N) is 1. The van der Waals surface area contributed by atoms with Crippen LogP contribution in [0.4, 0.5) is 0 Å². The molecule has 0 aliphatic heterocycles. The summed E-state index contributed by atoms with van der Waals surface area (Å²) in [6, 6.07) is 10.5. The summed E-state index contributed by atoms with van der Waals surface area (Å²) in [5.41, 5.74) is 1.23. The van der Waals surface area contributed by atoms with Crippen molar-refractivity contribution in [1.82, 2.24) is 5.32 Å². The molecular formula is C17H29NO2. The van der Waals surface area contributed by atoms with Crippen LogP contribution in [0.3, 0.4) is 0 Å². The predicted molar refractivity (Wildman–Crippen MR) is 83.8 cm³/mol. The molecule has 0 aromatic heterocycles. The first kappa shape index (κ1) is 17.2. The second-order valence-electron chi connectivity index (χ2n) is 5.81. The van der Waals surface area contributed by atoms with Crippen molar-refractivity contribution in [1.29, 1.82) is 0 Å². The molecule has 3 heteroatoms. The van der Waals surface area contributed by atoms with Gasteiger partial charge in [0.2, 0.25) is 0 Å². The summed E-state index contributed by atoms with van der Waals surface area (Å²) in [4.78, 5) is 0. The fraction of sp³-hybridized carbons (Fsp3) is 0.647. The lowest BCUT2D eigenvalue weighted by molar-refractivity contribution is 0.0337. The number of ether oxygens (including phenoxy) is 1. The average molecular weight is 279 g/mol. The maximum absolute atomic E-state index is 9.87. The summed E-state index contributed by atoms with van der Waals surface area (Å²) in [5, 5.41) is 13.2. The molecule has 2 atom stereocenters. The summed E-state index contributed by atoms with van der Waals surface area (Å²) in [6.45, 7) is 8.23. The molecule has 1 aromatic rings. The number of hydrogen-bond donors (Lipinski definition) is 2. The highest BCUT2D eigenvalue weighted by molar-refractivity contribution is 5.17. The zero-order chi connectivity index (χ0) is 14.8. The standard InChI is InChI=1S/C17H29NO2/c1-14(2)8-7-11-20-13-17(19)12-18-15(3)16-9-5-4-6-10-16/h4-6,9-10,14-15,17-19H,7-8,11-13H2,1-3H3/t15-,17?/m0/s1. The Morgan fingerprint density at radius 3 is 2.50 bits per heavy atom. The normalized spacial score (nSPS) is 14.4. The topological polar surface area (TPSA) is 41.5 Å². The Bertz CT molecular complexity index is 340. The van der Waals surface area contributed by atoms with Crippen LogP contribution in [0.5, 0.6) is 0 Å². The number of aliphatic hydroxyl groups is 1. The van der Waals surface area contributed by atoms with Crippen LogP contribution in [0.2, 0.25) is 0 Å². The Balaban J connectivity index is 2.09. The molecule has 1 rings (SSSR count). The van der Waals surface area contributed by atoms with E-state index < -0.39 is 6.10 Å². The summed E-state index contributed by atoms with van der Waals surface area (Å²) >= 11 is 0. The lowest BCUT2D eigenvalue weighted by Crippen LogP contribution is -2.32. The van der Waals surface area contributed by atoms with Gasteiger partial charge in [-0.3, -0.25) is 0 Å². The molecule has 2 N–H and O–H groups in total. The maximum atomic E-state index is 9.87. The second kappa shape index (κ2) is 9.92. The molecule has 0 aliphatic carbocycles. The van der Waals surface area contributed by atoms with Crippen molar-refractivity contribution in [3.8, 4) is 0 Å². The Morgan fingerprint density at radius 2 is 1.85 bits per heavy atom. The minimum absolute atomic E-state index is 0.242. The van der Waals surface area contributed by atoms with Crippen LogP contribution in [-0.2, 0) is 4.74 Å². The Kier molecular flexibility index (Phi) is 8.51. The Morgan fingerprint density at radius 1 is 1.15 bits per heavy atom. The molecule has 3 nitrogen and oxygen atoms in total. The van der Waals surface area contributed by atoms with E-state index in [9.17, 15) is 5.11 Å². The predicted octanol–water partition coefficient (Wildman–Crippen LogP) is 3.15. The monoisotopic (exact) mass is 279 g/mol. The van der Waals surface area contributed by atoms with E-state index in [1.807, 2.05) is 18.2 Å². The highest BCUT2D eigenvalue weighted by atomic mass is 16.5. The van der Waals surface area contributed by atoms with Crippen LogP contribution in [0.25, 0.3) is 0 Å². The summed E-state index contributed by atoms with van der Waals surface area (Å²) < 4.78 is 5.49. The molecule has 0 heterocycles. The van der Waals surface area contributed by atoms with E-state index in [0.717, 1.165) is 18.9 Å². The van der Waals surface area contributed by atoms with Crippen molar-refractivity contribution in [2.24, 2.45) is 5.92 Å². The first-order valence-corrected chi connectivity index (χ1v) is 7.63. The average Bonchev–Trinajstić information content (AvgIpc) is 2.45. The molecule has 1 aromatic carbocycles. The van der Waals surface area contributed by atoms with Crippen LogP contribution in [-0.4, -0.2) is 31.0 Å². The Labute approximate surface area is 123 Å². The third kappa shape index (κ3) is 7.63. The minimum atomic E-state index is -0.444. The molecule has 114 valence electrons. The lowest BCUT2D eigenvalue weighted by Gasteiger charge is -2.17. The van der Waals surface area contributed by atoms with Gasteiger partial charge in [0.05, 0.1) is 12.7 Å². The molecule has 0 amide bonds. The van der Waals surface area contributed by atoms with Crippen LogP contribution in [0, 0.1) is 5.92 Å². The van der Waals surface area contributed by atoms with Crippen LogP contribution in [0.15, 0.2) is 30.3 Å². The molecular weight excluding hydrogens is 250 g/mol. The van der Waals surface area contributed by atoms with Crippen molar-refractivity contribution in [2.75, 3.05) is 19.8 Å². The maximum Gasteiger partial charge on any atom is 0.0897 e. The summed E-state index contributed by atoms with van der Waals surface area (Å²) in [7, 11) is 0. The molecule has 20 heavy (non-hydrogen) atoms. The van der Waals surface area contributed by atoms with Crippen LogP contribution in [0.1, 0.15) is 45.2 Å². The highest BCUT2D eigenvalue weighted by Crippen LogP contribution is 2.10. The smallest absolute Gasteiger partial charge is 0.0897 e. The number of aliphatic hydroxyl groups excluding tert-OH is 1. The van der Waals surface area contributed by atoms with Gasteiger partial charge in [-0.15, -0.1) is 0 Å². The van der Waals surface area contributed by atoms with Gasteiger partial charge >= 0.3 is 0 Å². The SMILES string of the molecule is CC(C)CCCOCC(O)CN[C@@H](C)c1ccccc1. The fourth-order valence-corrected chi connectivity index (χ4v) is 2.04. The third-order valence-electron chi connectivity index (χ3n) is 3.34. The van der Waals surface area contributed by atoms with E-state index in [1.165, 1.54) is 12.0 Å². The van der Waals surface area contributed by atoms with Crippen molar-refractivity contribution >= 4 is 0 Å². The zero-order valence-corrected chi connectivity index (χ0v) is 13.0. The van der Waals surface area contributed by atoms with E-state index in [0.29, 0.717) is 13.2 Å². The fourth-order valence-electron chi connectivity index (χ4n) is 2.04. The first-order valence-electron chi connectivity index (χ1n) is 7.63. The molecule has 0 fully saturated rings. The quantitative estimate of drug-likeness (QED) is 0.646. The van der Waals surface area contributed by atoms with Gasteiger partial charge in [-0.25, -0.2) is 0 Å². The van der Waals surface area contributed by atoms with Gasteiger partial charge < -0.3 is 15.2 Å². The van der Waals surface area contributed by atoms with Crippen LogP contribution < -0.4 is 5.32 Å². The largest absolute Gasteiger partial charge is 0.389 e. The molecule has 0 radical (unpaired) electrons. The lowest BCUT2D eigenvalue weighted by atomic mass is 10.1. The second-order valence-corrected chi connectivity index (χ2v) is 5.81. The van der Waals surface area contributed by atoms with Crippen LogP contribution >= 0.6 is 0 Å². The van der Waals surface area contributed by atoms with Crippen molar-refractivity contribution in [3.05, 3.63) is 35.9 Å². The van der Waals surface area contributed by atoms with Gasteiger partial charge in [-0.05, 0) is 31.2 Å². The van der Waals surface area contributed by atoms with E-state index in [1.54, 1.807) is 0 Å². The molecule has 0 bridgehead atoms. The number of rotatable bonds is 10. The summed E-state index contributed by atoms with van der Waals surface area (Å²) in [6.07, 6.45) is 1.80. The van der Waals surface area contributed by atoms with E-state index in [-0.39, 0.29) is 6.04 Å². The van der Waals surface area contributed by atoms with E-state index in [4.69, 9.17) is 4.74 Å². The number of hydrogen-bond acceptors (Lipinski definition) is 3. The number of benzene rings is 1. The molecule has 0 aliphatic rings. The van der Waals surface area contributed by atoms with Gasteiger partial charge in [0.15, 0.2) is 0 Å². The highest BCUT2D eigenvalue weighted by Gasteiger charge is 2.08. The molecule has 1 unspecified atom stereocenters. The summed E-state index contributed by atoms with van der Waals surface area (Å²) in [5.74, 6) is 0.719. The molecule has 0 saturated carbocycles. The van der Waals surface area contributed by atoms with Gasteiger partial charge in [0, 0.05) is 19.2 Å². The van der Waals surface area contributed by atoms with E-state index >= 15 is 0 Å². The Hall–Kier alpha value is -0.900. The first-order chi connectivity index (χ1) is 9.59. The van der Waals surface area contributed by atoms with Gasteiger partial charge in [0.1, 0.15) is 0 Å². The van der Waals surface area contributed by atoms with Gasteiger partial charge in [0.25, 0.3) is 0 Å². The molecule has 0 spiro atoms. The molecule has 0 saturated heterocycles. The van der Waals surface area contributed by atoms with E-state index in [2.05, 4.69) is 38.2 Å². The van der Waals surface area contributed by atoms with Crippen molar-refractivity contribution in [3.63, 3.8) is 0 Å². The minimum Gasteiger partial charge on any atom is -0.389 e.